The smallest absolute Gasteiger partial charge is 0.308 e. The van der Waals surface area contributed by atoms with E-state index in [-0.39, 0.29) is 4.90 Å². The molecule has 1 saturated carbocycles. The minimum atomic E-state index is -3.77. The van der Waals surface area contributed by atoms with Crippen molar-refractivity contribution in [2.45, 2.75) is 36.6 Å². The molecule has 0 bridgehead atoms. The minimum Gasteiger partial charge on any atom is -0.481 e. The highest BCUT2D eigenvalue weighted by atomic mass is 32.2. The molecule has 112 valence electrons. The van der Waals surface area contributed by atoms with E-state index in [1.165, 1.54) is 24.3 Å². The molecular formula is C14H16N2O4S. The summed E-state index contributed by atoms with van der Waals surface area (Å²) in [5.74, 6) is -1.66. The van der Waals surface area contributed by atoms with Crippen LogP contribution in [0.3, 0.4) is 0 Å². The molecule has 0 aliphatic heterocycles. The van der Waals surface area contributed by atoms with E-state index < -0.39 is 28.0 Å². The number of carboxylic acid groups (broad SMARTS) is 1. The van der Waals surface area contributed by atoms with Gasteiger partial charge in [0.15, 0.2) is 0 Å². The quantitative estimate of drug-likeness (QED) is 0.876. The van der Waals surface area contributed by atoms with Crippen LogP contribution in [0.25, 0.3) is 0 Å². The van der Waals surface area contributed by atoms with Crippen LogP contribution < -0.4 is 4.72 Å². The molecule has 1 aromatic carbocycles. The van der Waals surface area contributed by atoms with Crippen molar-refractivity contribution in [3.8, 4) is 6.07 Å². The van der Waals surface area contributed by atoms with Gasteiger partial charge in [-0.3, -0.25) is 4.79 Å². The van der Waals surface area contributed by atoms with Gasteiger partial charge in [0.25, 0.3) is 0 Å². The molecule has 0 amide bonds. The molecule has 2 N–H and O–H groups in total. The molecule has 0 heterocycles. The molecular weight excluding hydrogens is 292 g/mol. The van der Waals surface area contributed by atoms with Crippen molar-refractivity contribution in [3.05, 3.63) is 29.8 Å². The zero-order valence-electron chi connectivity index (χ0n) is 11.3. The number of carboxylic acids is 1. The van der Waals surface area contributed by atoms with Crippen LogP contribution in [-0.2, 0) is 14.8 Å². The van der Waals surface area contributed by atoms with Crippen molar-refractivity contribution in [2.24, 2.45) is 5.92 Å². The zero-order chi connectivity index (χ0) is 15.5. The fourth-order valence-corrected chi connectivity index (χ4v) is 3.85. The average Bonchev–Trinajstić information content (AvgIpc) is 2.47. The molecule has 2 atom stereocenters. The summed E-state index contributed by atoms with van der Waals surface area (Å²) in [6.45, 7) is 0. The topological polar surface area (TPSA) is 107 Å². The van der Waals surface area contributed by atoms with Crippen LogP contribution in [0.2, 0.25) is 0 Å². The summed E-state index contributed by atoms with van der Waals surface area (Å²) < 4.78 is 27.1. The molecule has 7 heteroatoms. The Morgan fingerprint density at radius 3 is 2.43 bits per heavy atom. The van der Waals surface area contributed by atoms with E-state index in [0.29, 0.717) is 18.4 Å². The van der Waals surface area contributed by atoms with Crippen LogP contribution in [0.15, 0.2) is 29.2 Å². The maximum absolute atomic E-state index is 12.3. The van der Waals surface area contributed by atoms with Crippen LogP contribution in [0.4, 0.5) is 0 Å². The van der Waals surface area contributed by atoms with E-state index in [4.69, 9.17) is 5.26 Å². The molecule has 0 aromatic heterocycles. The van der Waals surface area contributed by atoms with Crippen molar-refractivity contribution in [1.29, 1.82) is 5.26 Å². The van der Waals surface area contributed by atoms with Crippen LogP contribution in [0.1, 0.15) is 31.2 Å². The maximum atomic E-state index is 12.3. The SMILES string of the molecule is N#Cc1ccc(S(=O)(=O)N[C@@H]2CCCC[C@H]2C(=O)O)cc1. The number of benzene rings is 1. The number of rotatable bonds is 4. The molecule has 1 aliphatic carbocycles. The van der Waals surface area contributed by atoms with E-state index in [0.717, 1.165) is 12.8 Å². The molecule has 2 rings (SSSR count). The summed E-state index contributed by atoms with van der Waals surface area (Å²) in [4.78, 5) is 11.2. The van der Waals surface area contributed by atoms with Crippen molar-refractivity contribution in [1.82, 2.24) is 4.72 Å². The van der Waals surface area contributed by atoms with Gasteiger partial charge in [0.2, 0.25) is 10.0 Å². The van der Waals surface area contributed by atoms with Gasteiger partial charge in [-0.2, -0.15) is 5.26 Å². The summed E-state index contributed by atoms with van der Waals surface area (Å²) in [5, 5.41) is 17.9. The van der Waals surface area contributed by atoms with Gasteiger partial charge in [0.05, 0.1) is 22.4 Å². The number of sulfonamides is 1. The lowest BCUT2D eigenvalue weighted by Gasteiger charge is -2.28. The largest absolute Gasteiger partial charge is 0.481 e. The second kappa shape index (κ2) is 6.24. The number of nitrogens with one attached hydrogen (secondary N) is 1. The first-order valence-electron chi connectivity index (χ1n) is 6.69. The molecule has 1 aliphatic rings. The Labute approximate surface area is 123 Å². The van der Waals surface area contributed by atoms with Gasteiger partial charge in [-0.1, -0.05) is 12.8 Å². The Bertz CT molecular complexity index is 661. The van der Waals surface area contributed by atoms with Crippen LogP contribution in [0.5, 0.6) is 0 Å². The first-order chi connectivity index (χ1) is 9.94. The Hall–Kier alpha value is -1.91. The van der Waals surface area contributed by atoms with Crippen molar-refractivity contribution >= 4 is 16.0 Å². The molecule has 21 heavy (non-hydrogen) atoms. The Morgan fingerprint density at radius 2 is 1.86 bits per heavy atom. The number of nitrogens with zero attached hydrogens (tertiary/aromatic N) is 1. The van der Waals surface area contributed by atoms with E-state index in [2.05, 4.69) is 4.72 Å². The first kappa shape index (κ1) is 15.5. The predicted molar refractivity (Wildman–Crippen MR) is 74.9 cm³/mol. The summed E-state index contributed by atoms with van der Waals surface area (Å²) in [6, 6.07) is 6.86. The highest BCUT2D eigenvalue weighted by Gasteiger charge is 2.33. The number of aliphatic carboxylic acids is 1. The number of nitriles is 1. The monoisotopic (exact) mass is 308 g/mol. The molecule has 1 fully saturated rings. The van der Waals surface area contributed by atoms with Gasteiger partial charge in [-0.05, 0) is 37.1 Å². The molecule has 0 unspecified atom stereocenters. The Balaban J connectivity index is 2.19. The van der Waals surface area contributed by atoms with Crippen molar-refractivity contribution in [2.75, 3.05) is 0 Å². The van der Waals surface area contributed by atoms with Crippen LogP contribution in [0, 0.1) is 17.2 Å². The van der Waals surface area contributed by atoms with Gasteiger partial charge in [-0.15, -0.1) is 0 Å². The zero-order valence-corrected chi connectivity index (χ0v) is 12.1. The third-order valence-corrected chi connectivity index (χ3v) is 5.19. The normalized spacial score (nSPS) is 22.4. The Morgan fingerprint density at radius 1 is 1.24 bits per heavy atom. The standard InChI is InChI=1S/C14H16N2O4S/c15-9-10-5-7-11(8-6-10)21(19,20)16-13-4-2-1-3-12(13)14(17)18/h5-8,12-13,16H,1-4H2,(H,17,18)/t12-,13-/m1/s1. The second-order valence-electron chi connectivity index (χ2n) is 5.09. The predicted octanol–water partition coefficient (Wildman–Crippen LogP) is 1.48. The number of hydrogen-bond acceptors (Lipinski definition) is 4. The van der Waals surface area contributed by atoms with E-state index >= 15 is 0 Å². The van der Waals surface area contributed by atoms with E-state index in [1.54, 1.807) is 0 Å². The third-order valence-electron chi connectivity index (χ3n) is 3.68. The van der Waals surface area contributed by atoms with Crippen molar-refractivity contribution in [3.63, 3.8) is 0 Å². The molecule has 0 spiro atoms. The van der Waals surface area contributed by atoms with Gasteiger partial charge >= 0.3 is 5.97 Å². The molecule has 6 nitrogen and oxygen atoms in total. The van der Waals surface area contributed by atoms with E-state index in [9.17, 15) is 18.3 Å². The number of carbonyl (C=O) groups is 1. The lowest BCUT2D eigenvalue weighted by molar-refractivity contribution is -0.143. The fraction of sp³-hybridized carbons (Fsp3) is 0.429. The third kappa shape index (κ3) is 3.60. The second-order valence-corrected chi connectivity index (χ2v) is 6.81. The average molecular weight is 308 g/mol. The highest BCUT2D eigenvalue weighted by molar-refractivity contribution is 7.89. The Kier molecular flexibility index (Phi) is 4.60. The molecule has 0 radical (unpaired) electrons. The van der Waals surface area contributed by atoms with Crippen LogP contribution in [-0.4, -0.2) is 25.5 Å². The number of hydrogen-bond donors (Lipinski definition) is 2. The van der Waals surface area contributed by atoms with Gasteiger partial charge in [0, 0.05) is 6.04 Å². The molecule has 0 saturated heterocycles. The van der Waals surface area contributed by atoms with Gasteiger partial charge in [-0.25, -0.2) is 13.1 Å². The highest BCUT2D eigenvalue weighted by Crippen LogP contribution is 2.26. The van der Waals surface area contributed by atoms with Gasteiger partial charge < -0.3 is 5.11 Å². The maximum Gasteiger partial charge on any atom is 0.308 e. The summed E-state index contributed by atoms with van der Waals surface area (Å²) in [5.41, 5.74) is 0.370. The fourth-order valence-electron chi connectivity index (χ4n) is 2.54. The summed E-state index contributed by atoms with van der Waals surface area (Å²) in [6.07, 6.45) is 2.61. The van der Waals surface area contributed by atoms with E-state index in [1.807, 2.05) is 6.07 Å². The molecule has 1 aromatic rings. The van der Waals surface area contributed by atoms with Crippen LogP contribution >= 0.6 is 0 Å². The minimum absolute atomic E-state index is 0.0382. The lowest BCUT2D eigenvalue weighted by atomic mass is 9.85. The summed E-state index contributed by atoms with van der Waals surface area (Å²) >= 11 is 0. The van der Waals surface area contributed by atoms with Crippen molar-refractivity contribution < 1.29 is 18.3 Å². The lowest BCUT2D eigenvalue weighted by Crippen LogP contribution is -2.44. The van der Waals surface area contributed by atoms with Gasteiger partial charge in [0.1, 0.15) is 0 Å². The first-order valence-corrected chi connectivity index (χ1v) is 8.17. The summed E-state index contributed by atoms with van der Waals surface area (Å²) in [7, 11) is -3.77.